The highest BCUT2D eigenvalue weighted by atomic mass is 16.2. The Bertz CT molecular complexity index is 1060. The van der Waals surface area contributed by atoms with Crippen molar-refractivity contribution in [3.8, 4) is 22.8 Å². The maximum atomic E-state index is 12.4. The van der Waals surface area contributed by atoms with E-state index in [4.69, 9.17) is 0 Å². The van der Waals surface area contributed by atoms with Crippen LogP contribution in [0.5, 0.6) is 0 Å². The van der Waals surface area contributed by atoms with Crippen LogP contribution in [0.3, 0.4) is 0 Å². The highest BCUT2D eigenvalue weighted by molar-refractivity contribution is 5.90. The van der Waals surface area contributed by atoms with Gasteiger partial charge in [0, 0.05) is 37.9 Å². The van der Waals surface area contributed by atoms with Crippen LogP contribution in [0.1, 0.15) is 0 Å². The van der Waals surface area contributed by atoms with Crippen molar-refractivity contribution in [2.75, 3.05) is 5.32 Å². The van der Waals surface area contributed by atoms with E-state index in [0.717, 1.165) is 11.3 Å². The summed E-state index contributed by atoms with van der Waals surface area (Å²) in [5.74, 6) is 0.935. The third-order valence-electron chi connectivity index (χ3n) is 3.84. The molecule has 0 fully saturated rings. The molecule has 0 aliphatic rings. The topological polar surface area (TPSA) is 103 Å². The predicted octanol–water partition coefficient (Wildman–Crippen LogP) is 1.77. The van der Waals surface area contributed by atoms with Gasteiger partial charge < -0.3 is 5.32 Å². The molecular weight excluding hydrogens is 344 g/mol. The summed E-state index contributed by atoms with van der Waals surface area (Å²) in [6.07, 6.45) is 8.39. The SMILES string of the molecule is Cn1nc(-c2ccccn2)cc1NC(=O)Cn1cc(-c2ncccn2)cn1. The molecule has 0 radical (unpaired) electrons. The fraction of sp³-hybridized carbons (Fsp3) is 0.111. The van der Waals surface area contributed by atoms with Crippen LogP contribution in [-0.4, -0.2) is 40.4 Å². The van der Waals surface area contributed by atoms with E-state index in [0.29, 0.717) is 17.3 Å². The second-order valence-corrected chi connectivity index (χ2v) is 5.80. The molecular formula is C18H16N8O. The lowest BCUT2D eigenvalue weighted by molar-refractivity contribution is -0.116. The first-order valence-electron chi connectivity index (χ1n) is 8.24. The Hall–Kier alpha value is -3.88. The Balaban J connectivity index is 1.44. The van der Waals surface area contributed by atoms with Crippen LogP contribution >= 0.6 is 0 Å². The van der Waals surface area contributed by atoms with Crippen LogP contribution in [0.25, 0.3) is 22.8 Å². The van der Waals surface area contributed by atoms with Crippen LogP contribution < -0.4 is 5.32 Å². The number of nitrogens with one attached hydrogen (secondary N) is 1. The summed E-state index contributed by atoms with van der Waals surface area (Å²) in [5.41, 5.74) is 2.19. The molecule has 4 heterocycles. The molecule has 4 aromatic rings. The number of carbonyl (C=O) groups excluding carboxylic acids is 1. The number of hydrogen-bond acceptors (Lipinski definition) is 6. The van der Waals surface area contributed by atoms with Crippen LogP contribution in [-0.2, 0) is 18.4 Å². The minimum absolute atomic E-state index is 0.0664. The van der Waals surface area contributed by atoms with Gasteiger partial charge in [-0.2, -0.15) is 10.2 Å². The third-order valence-corrected chi connectivity index (χ3v) is 3.84. The molecule has 1 amide bonds. The number of hydrogen-bond donors (Lipinski definition) is 1. The van der Waals surface area contributed by atoms with Gasteiger partial charge in [0.15, 0.2) is 5.82 Å². The largest absolute Gasteiger partial charge is 0.309 e. The van der Waals surface area contributed by atoms with Gasteiger partial charge in [-0.25, -0.2) is 9.97 Å². The average molecular weight is 360 g/mol. The smallest absolute Gasteiger partial charge is 0.247 e. The Kier molecular flexibility index (Phi) is 4.40. The summed E-state index contributed by atoms with van der Waals surface area (Å²) >= 11 is 0. The summed E-state index contributed by atoms with van der Waals surface area (Å²) in [7, 11) is 1.76. The van der Waals surface area contributed by atoms with E-state index in [1.54, 1.807) is 54.8 Å². The fourth-order valence-corrected chi connectivity index (χ4v) is 2.57. The summed E-state index contributed by atoms with van der Waals surface area (Å²) in [6.45, 7) is 0.0664. The Morgan fingerprint density at radius 1 is 1.07 bits per heavy atom. The number of anilines is 1. The van der Waals surface area contributed by atoms with Crippen molar-refractivity contribution < 1.29 is 4.79 Å². The number of aromatic nitrogens is 7. The molecule has 0 unspecified atom stereocenters. The number of carbonyl (C=O) groups is 1. The molecule has 4 aromatic heterocycles. The zero-order valence-corrected chi connectivity index (χ0v) is 14.5. The summed E-state index contributed by atoms with van der Waals surface area (Å²) in [5, 5.41) is 11.4. The van der Waals surface area contributed by atoms with Crippen molar-refractivity contribution in [3.05, 3.63) is 61.3 Å². The highest BCUT2D eigenvalue weighted by Crippen LogP contribution is 2.19. The quantitative estimate of drug-likeness (QED) is 0.582. The van der Waals surface area contributed by atoms with Crippen molar-refractivity contribution in [2.45, 2.75) is 6.54 Å². The Labute approximate surface area is 154 Å². The van der Waals surface area contributed by atoms with E-state index in [2.05, 4.69) is 30.5 Å². The minimum atomic E-state index is -0.214. The second-order valence-electron chi connectivity index (χ2n) is 5.80. The van der Waals surface area contributed by atoms with Crippen LogP contribution in [0.2, 0.25) is 0 Å². The molecule has 0 aliphatic heterocycles. The summed E-state index contributed by atoms with van der Waals surface area (Å²) in [6, 6.07) is 9.13. The fourth-order valence-electron chi connectivity index (χ4n) is 2.57. The van der Waals surface area contributed by atoms with Gasteiger partial charge >= 0.3 is 0 Å². The van der Waals surface area contributed by atoms with E-state index in [-0.39, 0.29) is 12.5 Å². The maximum absolute atomic E-state index is 12.4. The van der Waals surface area contributed by atoms with Gasteiger partial charge in [-0.1, -0.05) is 6.07 Å². The minimum Gasteiger partial charge on any atom is -0.309 e. The van der Waals surface area contributed by atoms with Crippen molar-refractivity contribution in [1.29, 1.82) is 0 Å². The molecule has 0 atom stereocenters. The van der Waals surface area contributed by atoms with E-state index in [1.165, 1.54) is 4.68 Å². The average Bonchev–Trinajstić information content (AvgIpc) is 3.30. The number of amides is 1. The number of aryl methyl sites for hydroxylation is 1. The molecule has 4 rings (SSSR count). The van der Waals surface area contributed by atoms with Crippen LogP contribution in [0, 0.1) is 0 Å². The van der Waals surface area contributed by atoms with Gasteiger partial charge in [-0.3, -0.25) is 19.1 Å². The van der Waals surface area contributed by atoms with Crippen LogP contribution in [0.4, 0.5) is 5.82 Å². The molecule has 9 heteroatoms. The van der Waals surface area contributed by atoms with Gasteiger partial charge in [-0.15, -0.1) is 0 Å². The second kappa shape index (κ2) is 7.16. The van der Waals surface area contributed by atoms with Gasteiger partial charge in [0.2, 0.25) is 5.91 Å². The lowest BCUT2D eigenvalue weighted by Gasteiger charge is -2.04. The normalized spacial score (nSPS) is 10.7. The van der Waals surface area contributed by atoms with Gasteiger partial charge in [0.05, 0.1) is 17.5 Å². The molecule has 0 aliphatic carbocycles. The van der Waals surface area contributed by atoms with Crippen molar-refractivity contribution in [2.24, 2.45) is 7.05 Å². The molecule has 134 valence electrons. The lowest BCUT2D eigenvalue weighted by atomic mass is 10.3. The first-order valence-corrected chi connectivity index (χ1v) is 8.24. The van der Waals surface area contributed by atoms with E-state index in [1.807, 2.05) is 18.2 Å². The Morgan fingerprint density at radius 2 is 1.89 bits per heavy atom. The molecule has 0 aromatic carbocycles. The van der Waals surface area contributed by atoms with E-state index < -0.39 is 0 Å². The summed E-state index contributed by atoms with van der Waals surface area (Å²) in [4.78, 5) is 25.0. The number of rotatable bonds is 5. The van der Waals surface area contributed by atoms with E-state index >= 15 is 0 Å². The van der Waals surface area contributed by atoms with Crippen LogP contribution in [0.15, 0.2) is 61.3 Å². The standard InChI is InChI=1S/C18H16N8O/c1-25-16(9-15(24-25)14-5-2-3-6-19-14)23-17(27)12-26-11-13(10-22-26)18-20-7-4-8-21-18/h2-11H,12H2,1H3,(H,23,27). The maximum Gasteiger partial charge on any atom is 0.247 e. The van der Waals surface area contributed by atoms with Crippen molar-refractivity contribution in [1.82, 2.24) is 34.5 Å². The molecule has 9 nitrogen and oxygen atoms in total. The van der Waals surface area contributed by atoms with Gasteiger partial charge in [-0.05, 0) is 18.2 Å². The number of nitrogens with zero attached hydrogens (tertiary/aromatic N) is 7. The molecule has 0 saturated carbocycles. The lowest BCUT2D eigenvalue weighted by Crippen LogP contribution is -2.20. The molecule has 27 heavy (non-hydrogen) atoms. The highest BCUT2D eigenvalue weighted by Gasteiger charge is 2.12. The van der Waals surface area contributed by atoms with Gasteiger partial charge in [0.1, 0.15) is 18.1 Å². The van der Waals surface area contributed by atoms with Crippen molar-refractivity contribution in [3.63, 3.8) is 0 Å². The Morgan fingerprint density at radius 3 is 2.67 bits per heavy atom. The zero-order chi connectivity index (χ0) is 18.6. The first kappa shape index (κ1) is 16.6. The molecule has 0 spiro atoms. The molecule has 0 saturated heterocycles. The predicted molar refractivity (Wildman–Crippen MR) is 98.3 cm³/mol. The molecule has 1 N–H and O–H groups in total. The monoisotopic (exact) mass is 360 g/mol. The van der Waals surface area contributed by atoms with Crippen molar-refractivity contribution >= 4 is 11.7 Å². The first-order chi connectivity index (χ1) is 13.2. The van der Waals surface area contributed by atoms with Gasteiger partial charge in [0.25, 0.3) is 0 Å². The zero-order valence-electron chi connectivity index (χ0n) is 14.5. The number of pyridine rings is 1. The summed E-state index contributed by atoms with van der Waals surface area (Å²) < 4.78 is 3.14. The van der Waals surface area contributed by atoms with E-state index in [9.17, 15) is 4.79 Å². The molecule has 0 bridgehead atoms. The third kappa shape index (κ3) is 3.71.